The predicted molar refractivity (Wildman–Crippen MR) is 117 cm³/mol. The van der Waals surface area contributed by atoms with Gasteiger partial charge in [0.2, 0.25) is 0 Å². The Hall–Kier alpha value is -2.00. The van der Waals surface area contributed by atoms with Gasteiger partial charge < -0.3 is 14.7 Å². The first-order valence-corrected chi connectivity index (χ1v) is 11.1. The number of ether oxygens (including phenoxy) is 1. The van der Waals surface area contributed by atoms with Gasteiger partial charge in [0, 0.05) is 6.54 Å². The van der Waals surface area contributed by atoms with Crippen molar-refractivity contribution < 1.29 is 9.84 Å². The molecule has 0 radical (unpaired) electrons. The molecule has 0 spiro atoms. The average molecular weight is 392 g/mol. The van der Waals surface area contributed by atoms with Crippen LogP contribution in [0.5, 0.6) is 11.5 Å². The highest BCUT2D eigenvalue weighted by Gasteiger charge is 2.58. The van der Waals surface area contributed by atoms with Crippen molar-refractivity contribution in [3.05, 3.63) is 59.7 Å². The first-order chi connectivity index (χ1) is 14.0. The molecule has 0 heterocycles. The lowest BCUT2D eigenvalue weighted by atomic mass is 9.42. The quantitative estimate of drug-likeness (QED) is 0.742. The fourth-order valence-corrected chi connectivity index (χ4v) is 7.00. The number of hydrogen-bond acceptors (Lipinski definition) is 3. The third-order valence-electron chi connectivity index (χ3n) is 7.81. The molecule has 4 saturated carbocycles. The zero-order valence-electron chi connectivity index (χ0n) is 17.7. The highest BCUT2D eigenvalue weighted by atomic mass is 16.5. The SMILES string of the molecule is CN(C)CCOc1ccc(C23CC4CC(CC(c5ccc(O)cc5)(C4)C2)C3)cc1. The summed E-state index contributed by atoms with van der Waals surface area (Å²) < 4.78 is 5.93. The van der Waals surface area contributed by atoms with Gasteiger partial charge in [-0.25, -0.2) is 0 Å². The zero-order valence-corrected chi connectivity index (χ0v) is 17.7. The monoisotopic (exact) mass is 391 g/mol. The molecule has 1 N–H and O–H groups in total. The topological polar surface area (TPSA) is 32.7 Å². The van der Waals surface area contributed by atoms with Crippen molar-refractivity contribution in [3.63, 3.8) is 0 Å². The van der Waals surface area contributed by atoms with Gasteiger partial charge in [-0.3, -0.25) is 0 Å². The van der Waals surface area contributed by atoms with Gasteiger partial charge in [0.1, 0.15) is 18.1 Å². The number of nitrogens with zero attached hydrogens (tertiary/aromatic N) is 1. The van der Waals surface area contributed by atoms with Gasteiger partial charge in [0.15, 0.2) is 0 Å². The Morgan fingerprint density at radius 2 is 1.38 bits per heavy atom. The van der Waals surface area contributed by atoms with Gasteiger partial charge in [-0.2, -0.15) is 0 Å². The van der Waals surface area contributed by atoms with Crippen LogP contribution in [0.3, 0.4) is 0 Å². The van der Waals surface area contributed by atoms with Crippen LogP contribution in [0.15, 0.2) is 48.5 Å². The molecule has 4 fully saturated rings. The van der Waals surface area contributed by atoms with Crippen LogP contribution >= 0.6 is 0 Å². The summed E-state index contributed by atoms with van der Waals surface area (Å²) in [4.78, 5) is 2.15. The molecule has 2 aromatic rings. The minimum atomic E-state index is 0.290. The lowest BCUT2D eigenvalue weighted by molar-refractivity contribution is -0.0281. The first kappa shape index (κ1) is 19.0. The van der Waals surface area contributed by atoms with E-state index in [1.807, 2.05) is 12.1 Å². The van der Waals surface area contributed by atoms with Crippen molar-refractivity contribution in [1.29, 1.82) is 0 Å². The molecule has 6 rings (SSSR count). The van der Waals surface area contributed by atoms with E-state index in [2.05, 4.69) is 55.4 Å². The van der Waals surface area contributed by atoms with E-state index >= 15 is 0 Å². The van der Waals surface area contributed by atoms with Crippen molar-refractivity contribution in [3.8, 4) is 11.5 Å². The van der Waals surface area contributed by atoms with E-state index in [9.17, 15) is 5.11 Å². The Kier molecular flexibility index (Phi) is 4.62. The van der Waals surface area contributed by atoms with Gasteiger partial charge >= 0.3 is 0 Å². The number of hydrogen-bond donors (Lipinski definition) is 1. The first-order valence-electron chi connectivity index (χ1n) is 11.1. The lowest BCUT2D eigenvalue weighted by Crippen LogP contribution is -2.55. The molecule has 4 aliphatic carbocycles. The number of phenols is 1. The molecular formula is C26H33NO2. The second kappa shape index (κ2) is 7.05. The molecule has 29 heavy (non-hydrogen) atoms. The van der Waals surface area contributed by atoms with E-state index in [0.29, 0.717) is 16.6 Å². The number of rotatable bonds is 6. The Labute approximate surface area is 174 Å². The molecule has 2 aromatic carbocycles. The summed E-state index contributed by atoms with van der Waals surface area (Å²) in [6.07, 6.45) is 7.98. The van der Waals surface area contributed by atoms with Crippen LogP contribution in [0.1, 0.15) is 49.7 Å². The molecule has 4 aliphatic rings. The summed E-state index contributed by atoms with van der Waals surface area (Å²) in [5, 5.41) is 9.77. The van der Waals surface area contributed by atoms with Gasteiger partial charge in [0.25, 0.3) is 0 Å². The Bertz CT molecular complexity index is 841. The number of benzene rings is 2. The normalized spacial score (nSPS) is 32.7. The van der Waals surface area contributed by atoms with Crippen molar-refractivity contribution >= 4 is 0 Å². The highest BCUT2D eigenvalue weighted by molar-refractivity contribution is 5.40. The molecule has 0 aromatic heterocycles. The molecule has 0 aliphatic heterocycles. The third kappa shape index (κ3) is 3.44. The van der Waals surface area contributed by atoms with Crippen LogP contribution in [-0.2, 0) is 10.8 Å². The fraction of sp³-hybridized carbons (Fsp3) is 0.538. The summed E-state index contributed by atoms with van der Waals surface area (Å²) >= 11 is 0. The molecule has 0 saturated heterocycles. The van der Waals surface area contributed by atoms with Crippen molar-refractivity contribution in [2.45, 2.75) is 49.4 Å². The standard InChI is InChI=1S/C26H33NO2/c1-27(2)11-12-29-24-9-5-22(6-10-24)26-16-19-13-20(17-26)15-25(14-19,18-26)21-3-7-23(28)8-4-21/h3-10,19-20,28H,11-18H2,1-2H3. The zero-order chi connectivity index (χ0) is 20.1. The van der Waals surface area contributed by atoms with Gasteiger partial charge in [0.05, 0.1) is 0 Å². The summed E-state index contributed by atoms with van der Waals surface area (Å²) in [7, 11) is 4.15. The summed E-state index contributed by atoms with van der Waals surface area (Å²) in [5.74, 6) is 3.02. The third-order valence-corrected chi connectivity index (χ3v) is 7.81. The lowest BCUT2D eigenvalue weighted by Gasteiger charge is -2.62. The molecule has 2 unspecified atom stereocenters. The van der Waals surface area contributed by atoms with Gasteiger partial charge in [-0.15, -0.1) is 0 Å². The molecular weight excluding hydrogens is 358 g/mol. The van der Waals surface area contributed by atoms with E-state index in [4.69, 9.17) is 4.74 Å². The van der Waals surface area contributed by atoms with Crippen LogP contribution in [0.2, 0.25) is 0 Å². The number of aromatic hydroxyl groups is 1. The van der Waals surface area contributed by atoms with Gasteiger partial charge in [-0.05, 0) is 111 Å². The fourth-order valence-electron chi connectivity index (χ4n) is 7.00. The van der Waals surface area contributed by atoms with E-state index in [0.717, 1.165) is 30.7 Å². The molecule has 2 atom stereocenters. The van der Waals surface area contributed by atoms with E-state index in [1.165, 1.54) is 49.7 Å². The van der Waals surface area contributed by atoms with E-state index in [-0.39, 0.29) is 0 Å². The van der Waals surface area contributed by atoms with Crippen LogP contribution in [0.4, 0.5) is 0 Å². The molecule has 3 nitrogen and oxygen atoms in total. The number of likely N-dealkylation sites (N-methyl/N-ethyl adjacent to an activating group) is 1. The second-order valence-corrected chi connectivity index (χ2v) is 10.2. The minimum absolute atomic E-state index is 0.290. The van der Waals surface area contributed by atoms with Gasteiger partial charge in [-0.1, -0.05) is 24.3 Å². The summed E-state index contributed by atoms with van der Waals surface area (Å²) in [6, 6.07) is 17.1. The summed E-state index contributed by atoms with van der Waals surface area (Å²) in [6.45, 7) is 1.66. The molecule has 154 valence electrons. The predicted octanol–water partition coefficient (Wildman–Crippen LogP) is 5.12. The van der Waals surface area contributed by atoms with Crippen molar-refractivity contribution in [2.24, 2.45) is 11.8 Å². The van der Waals surface area contributed by atoms with Crippen LogP contribution < -0.4 is 4.74 Å². The number of phenolic OH excluding ortho intramolecular Hbond substituents is 1. The van der Waals surface area contributed by atoms with E-state index in [1.54, 1.807) is 0 Å². The Morgan fingerprint density at radius 3 is 1.90 bits per heavy atom. The molecule has 4 bridgehead atoms. The maximum absolute atomic E-state index is 9.77. The molecule has 3 heteroatoms. The van der Waals surface area contributed by atoms with Crippen molar-refractivity contribution in [1.82, 2.24) is 4.90 Å². The average Bonchev–Trinajstić information content (AvgIpc) is 2.67. The molecule has 0 amide bonds. The maximum Gasteiger partial charge on any atom is 0.119 e. The van der Waals surface area contributed by atoms with Crippen molar-refractivity contribution in [2.75, 3.05) is 27.2 Å². The second-order valence-electron chi connectivity index (χ2n) is 10.2. The largest absolute Gasteiger partial charge is 0.508 e. The Balaban J connectivity index is 1.41. The highest BCUT2D eigenvalue weighted by Crippen LogP contribution is 2.66. The van der Waals surface area contributed by atoms with Crippen LogP contribution in [0.25, 0.3) is 0 Å². The van der Waals surface area contributed by atoms with E-state index < -0.39 is 0 Å². The smallest absolute Gasteiger partial charge is 0.119 e. The minimum Gasteiger partial charge on any atom is -0.508 e. The summed E-state index contributed by atoms with van der Waals surface area (Å²) in [5.41, 5.74) is 3.55. The Morgan fingerprint density at radius 1 is 0.862 bits per heavy atom. The van der Waals surface area contributed by atoms with Crippen LogP contribution in [-0.4, -0.2) is 37.3 Å². The van der Waals surface area contributed by atoms with Crippen LogP contribution in [0, 0.1) is 11.8 Å². The maximum atomic E-state index is 9.77.